The van der Waals surface area contributed by atoms with Crippen molar-refractivity contribution in [2.45, 2.75) is 6.92 Å². The highest BCUT2D eigenvalue weighted by Crippen LogP contribution is 2.29. The third-order valence-electron chi connectivity index (χ3n) is 2.23. The van der Waals surface area contributed by atoms with Crippen molar-refractivity contribution in [3.05, 3.63) is 28.8 Å². The first-order valence-electron chi connectivity index (χ1n) is 4.91. The molecular weight excluding hydrogens is 224 g/mol. The minimum atomic E-state index is -0.473. The van der Waals surface area contributed by atoms with Crippen LogP contribution in [0.5, 0.6) is 11.5 Å². The van der Waals surface area contributed by atoms with E-state index in [-0.39, 0.29) is 11.3 Å². The Labute approximate surface area is 96.2 Å². The molecule has 0 atom stereocenters. The number of H-pyrrole nitrogens is 2. The van der Waals surface area contributed by atoms with E-state index in [9.17, 15) is 9.59 Å². The minimum Gasteiger partial charge on any atom is -0.493 e. The molecule has 0 radical (unpaired) electrons. The van der Waals surface area contributed by atoms with Crippen LogP contribution >= 0.6 is 0 Å². The van der Waals surface area contributed by atoms with Crippen molar-refractivity contribution in [1.82, 2.24) is 4.98 Å². The largest absolute Gasteiger partial charge is 0.493 e. The molecule has 2 N–H and O–H groups in total. The molecule has 0 aliphatic carbocycles. The highest BCUT2D eigenvalue weighted by molar-refractivity contribution is 5.81. The predicted molar refractivity (Wildman–Crippen MR) is 59.0 cm³/mol. The lowest BCUT2D eigenvalue weighted by atomic mass is 10.2. The van der Waals surface area contributed by atoms with E-state index in [1.165, 1.54) is 26.4 Å². The van der Waals surface area contributed by atoms with Gasteiger partial charge in [-0.05, 0) is 0 Å². The van der Waals surface area contributed by atoms with Crippen LogP contribution in [0.1, 0.15) is 6.92 Å². The highest BCUT2D eigenvalue weighted by atomic mass is 16.6. The third kappa shape index (κ3) is 2.10. The Morgan fingerprint density at radius 1 is 1.35 bits per heavy atom. The number of carbonyl (C=O) groups excluding carboxylic acids is 1. The number of ether oxygens (including phenoxy) is 2. The number of aromatic amines is 2. The number of esters is 1. The van der Waals surface area contributed by atoms with Crippen LogP contribution in [0.4, 0.5) is 0 Å². The molecule has 1 aromatic carbocycles. The standard InChI is InChI=1S/C11H10N2O4/c1-6(14)17-10-3-7-8(4-9(10)16-2)12-5-13-11(7)15/h3-5H,1-2H3,(H,12,13,15)/p+1. The van der Waals surface area contributed by atoms with Crippen LogP contribution in [0.25, 0.3) is 10.9 Å². The lowest BCUT2D eigenvalue weighted by molar-refractivity contribution is -0.349. The number of benzene rings is 1. The van der Waals surface area contributed by atoms with Gasteiger partial charge in [0.2, 0.25) is 6.33 Å². The van der Waals surface area contributed by atoms with Crippen LogP contribution in [-0.4, -0.2) is 18.1 Å². The number of nitrogens with one attached hydrogen (secondary N) is 2. The van der Waals surface area contributed by atoms with Gasteiger partial charge in [0.1, 0.15) is 10.9 Å². The van der Waals surface area contributed by atoms with Gasteiger partial charge in [0, 0.05) is 19.1 Å². The van der Waals surface area contributed by atoms with Crippen molar-refractivity contribution in [2.24, 2.45) is 0 Å². The van der Waals surface area contributed by atoms with Gasteiger partial charge >= 0.3 is 11.5 Å². The van der Waals surface area contributed by atoms with E-state index in [0.29, 0.717) is 16.7 Å². The van der Waals surface area contributed by atoms with Gasteiger partial charge in [-0.15, -0.1) is 0 Å². The van der Waals surface area contributed by atoms with Crippen molar-refractivity contribution in [3.8, 4) is 11.5 Å². The lowest BCUT2D eigenvalue weighted by Crippen LogP contribution is -2.16. The van der Waals surface area contributed by atoms with Crippen molar-refractivity contribution in [1.29, 1.82) is 0 Å². The number of fused-ring (bicyclic) bond motifs is 1. The van der Waals surface area contributed by atoms with Crippen LogP contribution in [0.2, 0.25) is 0 Å². The molecule has 0 spiro atoms. The van der Waals surface area contributed by atoms with E-state index in [0.717, 1.165) is 0 Å². The maximum atomic E-state index is 11.6. The summed E-state index contributed by atoms with van der Waals surface area (Å²) in [6.07, 6.45) is 1.43. The quantitative estimate of drug-likeness (QED) is 0.598. The smallest absolute Gasteiger partial charge is 0.342 e. The Kier molecular flexibility index (Phi) is 2.78. The lowest BCUT2D eigenvalue weighted by Gasteiger charge is -2.07. The minimum absolute atomic E-state index is 0.220. The second kappa shape index (κ2) is 4.25. The van der Waals surface area contributed by atoms with Crippen LogP contribution in [-0.2, 0) is 4.79 Å². The van der Waals surface area contributed by atoms with E-state index < -0.39 is 5.97 Å². The molecule has 2 aromatic rings. The molecule has 1 aromatic heterocycles. The maximum absolute atomic E-state index is 11.6. The third-order valence-corrected chi connectivity index (χ3v) is 2.23. The van der Waals surface area contributed by atoms with Crippen molar-refractivity contribution >= 4 is 16.9 Å². The van der Waals surface area contributed by atoms with Crippen LogP contribution in [0, 0.1) is 0 Å². The molecule has 0 saturated heterocycles. The average molecular weight is 235 g/mol. The Bertz CT molecular complexity index is 633. The molecule has 0 saturated carbocycles. The van der Waals surface area contributed by atoms with Crippen LogP contribution in [0.3, 0.4) is 0 Å². The van der Waals surface area contributed by atoms with Gasteiger partial charge in [-0.3, -0.25) is 4.79 Å². The number of rotatable bonds is 2. The second-order valence-corrected chi connectivity index (χ2v) is 3.40. The molecule has 17 heavy (non-hydrogen) atoms. The molecule has 88 valence electrons. The zero-order valence-corrected chi connectivity index (χ0v) is 9.37. The summed E-state index contributed by atoms with van der Waals surface area (Å²) in [5, 5.41) is 0.393. The van der Waals surface area contributed by atoms with Crippen molar-refractivity contribution in [3.63, 3.8) is 0 Å². The Morgan fingerprint density at radius 3 is 2.76 bits per heavy atom. The van der Waals surface area contributed by atoms with Crippen LogP contribution in [0.15, 0.2) is 23.3 Å². The molecule has 0 aliphatic rings. The topological polar surface area (TPSA) is 82.5 Å². The Hall–Kier alpha value is -2.37. The summed E-state index contributed by atoms with van der Waals surface area (Å²) in [7, 11) is 1.46. The monoisotopic (exact) mass is 235 g/mol. The van der Waals surface area contributed by atoms with Gasteiger partial charge in [-0.2, -0.15) is 0 Å². The molecule has 0 amide bonds. The van der Waals surface area contributed by atoms with E-state index in [2.05, 4.69) is 9.97 Å². The SMILES string of the molecule is COc1cc2[nH+]c[nH]c(=O)c2cc1OC(C)=O. The first-order chi connectivity index (χ1) is 8.11. The average Bonchev–Trinajstić information content (AvgIpc) is 2.29. The first-order valence-corrected chi connectivity index (χ1v) is 4.91. The first kappa shape index (κ1) is 11.1. The number of hydrogen-bond donors (Lipinski definition) is 1. The van der Waals surface area contributed by atoms with Crippen molar-refractivity contribution in [2.75, 3.05) is 7.11 Å². The van der Waals surface area contributed by atoms with E-state index in [4.69, 9.17) is 9.47 Å². The van der Waals surface area contributed by atoms with E-state index in [1.54, 1.807) is 6.07 Å². The van der Waals surface area contributed by atoms with Gasteiger partial charge in [-0.1, -0.05) is 0 Å². The summed E-state index contributed by atoms with van der Waals surface area (Å²) in [6.45, 7) is 1.28. The van der Waals surface area contributed by atoms with Gasteiger partial charge in [0.25, 0.3) is 0 Å². The number of hydrogen-bond acceptors (Lipinski definition) is 4. The maximum Gasteiger partial charge on any atom is 0.342 e. The Balaban J connectivity index is 2.69. The predicted octanol–water partition coefficient (Wildman–Crippen LogP) is 0.276. The van der Waals surface area contributed by atoms with Gasteiger partial charge in [0.05, 0.1) is 7.11 Å². The van der Waals surface area contributed by atoms with E-state index >= 15 is 0 Å². The molecule has 6 nitrogen and oxygen atoms in total. The number of aromatic nitrogens is 2. The summed E-state index contributed by atoms with van der Waals surface area (Å²) in [4.78, 5) is 27.9. The highest BCUT2D eigenvalue weighted by Gasteiger charge is 2.13. The summed E-state index contributed by atoms with van der Waals surface area (Å²) in [5.41, 5.74) is 0.330. The summed E-state index contributed by atoms with van der Waals surface area (Å²) < 4.78 is 10.1. The van der Waals surface area contributed by atoms with Crippen LogP contribution < -0.4 is 20.0 Å². The molecule has 2 rings (SSSR count). The zero-order chi connectivity index (χ0) is 12.4. The zero-order valence-electron chi connectivity index (χ0n) is 9.37. The molecule has 0 fully saturated rings. The second-order valence-electron chi connectivity index (χ2n) is 3.40. The van der Waals surface area contributed by atoms with Gasteiger partial charge in [0.15, 0.2) is 11.5 Å². The summed E-state index contributed by atoms with van der Waals surface area (Å²) >= 11 is 0. The molecule has 0 bridgehead atoms. The summed E-state index contributed by atoms with van der Waals surface area (Å²) in [5.74, 6) is 0.131. The molecule has 0 aliphatic heterocycles. The fourth-order valence-electron chi connectivity index (χ4n) is 1.52. The fourth-order valence-corrected chi connectivity index (χ4v) is 1.52. The fraction of sp³-hybridized carbons (Fsp3) is 0.182. The van der Waals surface area contributed by atoms with Crippen molar-refractivity contribution < 1.29 is 19.3 Å². The molecular formula is C11H11N2O4+. The Morgan fingerprint density at radius 2 is 2.12 bits per heavy atom. The van der Waals surface area contributed by atoms with Gasteiger partial charge < -0.3 is 9.47 Å². The molecule has 0 unspecified atom stereocenters. The number of methoxy groups -OCH3 is 1. The summed E-state index contributed by atoms with van der Waals surface area (Å²) in [6, 6.07) is 3.06. The normalized spacial score (nSPS) is 10.2. The van der Waals surface area contributed by atoms with E-state index in [1.807, 2.05) is 0 Å². The number of carbonyl (C=O) groups is 1. The molecule has 6 heteroatoms. The molecule has 1 heterocycles. The van der Waals surface area contributed by atoms with Gasteiger partial charge in [-0.25, -0.2) is 14.8 Å².